The molecule has 4 rings (SSSR count). The van der Waals surface area contributed by atoms with E-state index in [0.717, 1.165) is 17.1 Å². The summed E-state index contributed by atoms with van der Waals surface area (Å²) in [7, 11) is 1.61. The molecule has 0 N–H and O–H groups in total. The zero-order valence-electron chi connectivity index (χ0n) is 18.2. The molecule has 32 heavy (non-hydrogen) atoms. The standard InChI is InChI=1S/C27H27NO4/c1-31-24-11-7-21(8-12-24)26(29)22-15-17-28(18-16-22)27(30)23-9-13-25(14-10-23)32-19-20-5-3-2-4-6-20/h2-14,22H,15-19H2,1H3. The summed E-state index contributed by atoms with van der Waals surface area (Å²) in [5.74, 6) is 1.54. The van der Waals surface area contributed by atoms with Crippen molar-refractivity contribution in [1.82, 2.24) is 4.90 Å². The minimum atomic E-state index is -0.0544. The van der Waals surface area contributed by atoms with Gasteiger partial charge in [0.05, 0.1) is 7.11 Å². The zero-order valence-corrected chi connectivity index (χ0v) is 18.2. The number of benzene rings is 3. The normalized spacial score (nSPS) is 14.1. The van der Waals surface area contributed by atoms with E-state index in [-0.39, 0.29) is 17.6 Å². The van der Waals surface area contributed by atoms with Gasteiger partial charge < -0.3 is 14.4 Å². The molecule has 1 saturated heterocycles. The first-order valence-corrected chi connectivity index (χ1v) is 10.9. The van der Waals surface area contributed by atoms with E-state index >= 15 is 0 Å². The van der Waals surface area contributed by atoms with Gasteiger partial charge in [-0.2, -0.15) is 0 Å². The molecule has 0 spiro atoms. The predicted octanol–water partition coefficient (Wildman–Crippen LogP) is 5.01. The molecule has 0 saturated carbocycles. The molecule has 5 heteroatoms. The molecule has 0 bridgehead atoms. The minimum absolute atomic E-state index is 0.00467. The van der Waals surface area contributed by atoms with Gasteiger partial charge in [0.1, 0.15) is 18.1 Å². The molecule has 0 atom stereocenters. The van der Waals surface area contributed by atoms with Crippen LogP contribution in [-0.4, -0.2) is 36.8 Å². The number of Topliss-reactive ketones (excluding diaryl/α,β-unsaturated/α-hetero) is 1. The topological polar surface area (TPSA) is 55.8 Å². The van der Waals surface area contributed by atoms with Crippen LogP contribution in [0.25, 0.3) is 0 Å². The van der Waals surface area contributed by atoms with Gasteiger partial charge in [-0.05, 0) is 66.9 Å². The van der Waals surface area contributed by atoms with E-state index in [4.69, 9.17) is 9.47 Å². The van der Waals surface area contributed by atoms with Crippen LogP contribution in [0.1, 0.15) is 39.1 Å². The second kappa shape index (κ2) is 10.1. The number of ketones is 1. The third-order valence-electron chi connectivity index (χ3n) is 5.88. The molecule has 0 aliphatic carbocycles. The smallest absolute Gasteiger partial charge is 0.253 e. The number of carbonyl (C=O) groups is 2. The van der Waals surface area contributed by atoms with Gasteiger partial charge in [0, 0.05) is 30.1 Å². The molecule has 0 unspecified atom stereocenters. The van der Waals surface area contributed by atoms with Crippen LogP contribution in [0.5, 0.6) is 11.5 Å². The highest BCUT2D eigenvalue weighted by molar-refractivity contribution is 5.98. The van der Waals surface area contributed by atoms with Crippen molar-refractivity contribution in [2.75, 3.05) is 20.2 Å². The van der Waals surface area contributed by atoms with E-state index in [0.29, 0.717) is 43.7 Å². The number of methoxy groups -OCH3 is 1. The molecular weight excluding hydrogens is 402 g/mol. The molecule has 0 radical (unpaired) electrons. The van der Waals surface area contributed by atoms with Crippen LogP contribution >= 0.6 is 0 Å². The average molecular weight is 430 g/mol. The number of nitrogens with zero attached hydrogens (tertiary/aromatic N) is 1. The Labute approximate surface area is 188 Å². The first kappa shape index (κ1) is 21.6. The fourth-order valence-corrected chi connectivity index (χ4v) is 3.95. The second-order valence-corrected chi connectivity index (χ2v) is 7.96. The van der Waals surface area contributed by atoms with Gasteiger partial charge in [-0.15, -0.1) is 0 Å². The third-order valence-corrected chi connectivity index (χ3v) is 5.88. The highest BCUT2D eigenvalue weighted by Crippen LogP contribution is 2.24. The molecule has 1 fully saturated rings. The first-order chi connectivity index (χ1) is 15.6. The zero-order chi connectivity index (χ0) is 22.3. The SMILES string of the molecule is COc1ccc(C(=O)C2CCN(C(=O)c3ccc(OCc4ccccc4)cc3)CC2)cc1. The molecular formula is C27H27NO4. The van der Waals surface area contributed by atoms with Gasteiger partial charge in [-0.3, -0.25) is 9.59 Å². The molecule has 3 aromatic rings. The van der Waals surface area contributed by atoms with Crippen molar-refractivity contribution >= 4 is 11.7 Å². The lowest BCUT2D eigenvalue weighted by atomic mass is 9.88. The van der Waals surface area contributed by atoms with Crippen molar-refractivity contribution in [2.45, 2.75) is 19.4 Å². The summed E-state index contributed by atoms with van der Waals surface area (Å²) in [6.07, 6.45) is 1.35. The first-order valence-electron chi connectivity index (χ1n) is 10.9. The summed E-state index contributed by atoms with van der Waals surface area (Å²) in [4.78, 5) is 27.5. The Balaban J connectivity index is 1.29. The van der Waals surface area contributed by atoms with Gasteiger partial charge >= 0.3 is 0 Å². The third kappa shape index (κ3) is 5.17. The van der Waals surface area contributed by atoms with E-state index in [1.165, 1.54) is 0 Å². The summed E-state index contributed by atoms with van der Waals surface area (Å²) in [5, 5.41) is 0. The average Bonchev–Trinajstić information content (AvgIpc) is 2.88. The predicted molar refractivity (Wildman–Crippen MR) is 123 cm³/mol. The molecule has 1 amide bonds. The minimum Gasteiger partial charge on any atom is -0.497 e. The Morgan fingerprint density at radius 3 is 2.03 bits per heavy atom. The molecule has 164 valence electrons. The van der Waals surface area contributed by atoms with Crippen LogP contribution in [0.15, 0.2) is 78.9 Å². The lowest BCUT2D eigenvalue weighted by Crippen LogP contribution is -2.40. The van der Waals surface area contributed by atoms with Crippen LogP contribution in [0.4, 0.5) is 0 Å². The number of hydrogen-bond donors (Lipinski definition) is 0. The van der Waals surface area contributed by atoms with Gasteiger partial charge in [-0.1, -0.05) is 30.3 Å². The van der Waals surface area contributed by atoms with E-state index in [2.05, 4.69) is 0 Å². The lowest BCUT2D eigenvalue weighted by molar-refractivity contribution is 0.0650. The fourth-order valence-electron chi connectivity index (χ4n) is 3.95. The van der Waals surface area contributed by atoms with Crippen LogP contribution in [-0.2, 0) is 6.61 Å². The lowest BCUT2D eigenvalue weighted by Gasteiger charge is -2.31. The van der Waals surface area contributed by atoms with E-state index < -0.39 is 0 Å². The van der Waals surface area contributed by atoms with E-state index in [9.17, 15) is 9.59 Å². The number of hydrogen-bond acceptors (Lipinski definition) is 4. The summed E-state index contributed by atoms with van der Waals surface area (Å²) in [5.41, 5.74) is 2.43. The van der Waals surface area contributed by atoms with Crippen molar-refractivity contribution in [3.05, 3.63) is 95.6 Å². The van der Waals surface area contributed by atoms with Gasteiger partial charge in [0.15, 0.2) is 5.78 Å². The number of likely N-dealkylation sites (tertiary alicyclic amines) is 1. The number of piperidine rings is 1. The van der Waals surface area contributed by atoms with Crippen LogP contribution < -0.4 is 9.47 Å². The van der Waals surface area contributed by atoms with Gasteiger partial charge in [0.25, 0.3) is 5.91 Å². The number of carbonyl (C=O) groups excluding carboxylic acids is 2. The summed E-state index contributed by atoms with van der Waals surface area (Å²) >= 11 is 0. The van der Waals surface area contributed by atoms with E-state index in [1.54, 1.807) is 43.5 Å². The summed E-state index contributed by atoms with van der Waals surface area (Å²) in [6.45, 7) is 1.65. The second-order valence-electron chi connectivity index (χ2n) is 7.96. The van der Waals surface area contributed by atoms with Gasteiger partial charge in [-0.25, -0.2) is 0 Å². The van der Waals surface area contributed by atoms with Gasteiger partial charge in [0.2, 0.25) is 0 Å². The Bertz CT molecular complexity index is 1040. The molecule has 3 aromatic carbocycles. The largest absolute Gasteiger partial charge is 0.497 e. The van der Waals surface area contributed by atoms with Crippen molar-refractivity contribution in [1.29, 1.82) is 0 Å². The quantitative estimate of drug-likeness (QED) is 0.496. The summed E-state index contributed by atoms with van der Waals surface area (Å²) < 4.78 is 11.0. The highest BCUT2D eigenvalue weighted by atomic mass is 16.5. The Morgan fingerprint density at radius 1 is 0.812 bits per heavy atom. The van der Waals surface area contributed by atoms with Crippen LogP contribution in [0, 0.1) is 5.92 Å². The van der Waals surface area contributed by atoms with Crippen molar-refractivity contribution < 1.29 is 19.1 Å². The molecule has 1 aliphatic heterocycles. The van der Waals surface area contributed by atoms with Crippen molar-refractivity contribution in [3.8, 4) is 11.5 Å². The number of amides is 1. The van der Waals surface area contributed by atoms with E-state index in [1.807, 2.05) is 47.4 Å². The van der Waals surface area contributed by atoms with Crippen molar-refractivity contribution in [3.63, 3.8) is 0 Å². The van der Waals surface area contributed by atoms with Crippen molar-refractivity contribution in [2.24, 2.45) is 5.92 Å². The Kier molecular flexibility index (Phi) is 6.85. The summed E-state index contributed by atoms with van der Waals surface area (Å²) in [6, 6.07) is 24.4. The monoisotopic (exact) mass is 429 g/mol. The number of ether oxygens (including phenoxy) is 2. The maximum absolute atomic E-state index is 12.9. The molecule has 1 aliphatic rings. The molecule has 1 heterocycles. The van der Waals surface area contributed by atoms with Crippen LogP contribution in [0.3, 0.4) is 0 Å². The fraction of sp³-hybridized carbons (Fsp3) is 0.259. The number of rotatable bonds is 7. The van der Waals surface area contributed by atoms with Crippen LogP contribution in [0.2, 0.25) is 0 Å². The molecule has 0 aromatic heterocycles. The highest BCUT2D eigenvalue weighted by Gasteiger charge is 2.28. The molecule has 5 nitrogen and oxygen atoms in total. The Hall–Kier alpha value is -3.60. The Morgan fingerprint density at radius 2 is 1.41 bits per heavy atom. The maximum Gasteiger partial charge on any atom is 0.253 e. The maximum atomic E-state index is 12.9.